The maximum atomic E-state index is 11.3. The van der Waals surface area contributed by atoms with E-state index in [0.717, 1.165) is 38.5 Å². The Morgan fingerprint density at radius 3 is 2.87 bits per heavy atom. The summed E-state index contributed by atoms with van der Waals surface area (Å²) in [7, 11) is 0. The largest absolute Gasteiger partial charge is 0.445 e. The van der Waals surface area contributed by atoms with Gasteiger partial charge in [-0.1, -0.05) is 19.8 Å². The summed E-state index contributed by atoms with van der Waals surface area (Å²) in [5.74, 6) is 0. The molecule has 1 aliphatic carbocycles. The molecule has 1 fully saturated rings. The molecule has 3 N–H and O–H groups in total. The minimum atomic E-state index is -0.314. The zero-order chi connectivity index (χ0) is 11.1. The van der Waals surface area contributed by atoms with Gasteiger partial charge in [0, 0.05) is 12.6 Å². The van der Waals surface area contributed by atoms with Crippen molar-refractivity contribution in [1.82, 2.24) is 5.32 Å². The first-order valence-corrected chi connectivity index (χ1v) is 5.94. The predicted octanol–water partition coefficient (Wildman–Crippen LogP) is 1.78. The number of rotatable bonds is 4. The summed E-state index contributed by atoms with van der Waals surface area (Å²) in [5, 5.41) is 2.73. The lowest BCUT2D eigenvalue weighted by Crippen LogP contribution is -2.42. The fraction of sp³-hybridized carbons (Fsp3) is 0.909. The molecule has 2 atom stereocenters. The monoisotopic (exact) mass is 214 g/mol. The smallest absolute Gasteiger partial charge is 0.407 e. The summed E-state index contributed by atoms with van der Waals surface area (Å²) in [6.07, 6.45) is 5.80. The van der Waals surface area contributed by atoms with Gasteiger partial charge >= 0.3 is 6.09 Å². The molecule has 1 aliphatic rings. The van der Waals surface area contributed by atoms with Crippen LogP contribution in [0.4, 0.5) is 4.79 Å². The normalized spacial score (nSPS) is 26.0. The van der Waals surface area contributed by atoms with E-state index in [0.29, 0.717) is 6.54 Å². The van der Waals surface area contributed by atoms with Crippen LogP contribution in [0, 0.1) is 0 Å². The van der Waals surface area contributed by atoms with Crippen LogP contribution in [0.25, 0.3) is 0 Å². The maximum Gasteiger partial charge on any atom is 0.407 e. The predicted molar refractivity (Wildman–Crippen MR) is 59.6 cm³/mol. The Kier molecular flexibility index (Phi) is 5.47. The van der Waals surface area contributed by atoms with E-state index < -0.39 is 0 Å². The molecule has 0 spiro atoms. The fourth-order valence-corrected chi connectivity index (χ4v) is 1.82. The van der Waals surface area contributed by atoms with Crippen LogP contribution in [0.1, 0.15) is 45.4 Å². The molecule has 0 saturated heterocycles. The summed E-state index contributed by atoms with van der Waals surface area (Å²) in [4.78, 5) is 11.3. The molecule has 0 radical (unpaired) electrons. The van der Waals surface area contributed by atoms with Gasteiger partial charge in [0.2, 0.25) is 0 Å². The van der Waals surface area contributed by atoms with E-state index in [4.69, 9.17) is 10.5 Å². The van der Waals surface area contributed by atoms with Crippen molar-refractivity contribution in [2.75, 3.05) is 6.54 Å². The van der Waals surface area contributed by atoms with Gasteiger partial charge in [-0.25, -0.2) is 4.79 Å². The summed E-state index contributed by atoms with van der Waals surface area (Å²) >= 11 is 0. The van der Waals surface area contributed by atoms with Crippen molar-refractivity contribution in [2.45, 2.75) is 57.6 Å². The van der Waals surface area contributed by atoms with Gasteiger partial charge in [-0.15, -0.1) is 0 Å². The number of hydrogen-bond donors (Lipinski definition) is 2. The zero-order valence-electron chi connectivity index (χ0n) is 9.50. The number of carbonyl (C=O) groups is 1. The van der Waals surface area contributed by atoms with E-state index >= 15 is 0 Å². The van der Waals surface area contributed by atoms with Crippen LogP contribution < -0.4 is 11.1 Å². The van der Waals surface area contributed by atoms with E-state index in [1.807, 2.05) is 0 Å². The SMILES string of the molecule is CCCCNC(=O)OC1CCCCC1N. The van der Waals surface area contributed by atoms with E-state index in [2.05, 4.69) is 12.2 Å². The van der Waals surface area contributed by atoms with Crippen molar-refractivity contribution in [3.8, 4) is 0 Å². The number of nitrogens with one attached hydrogen (secondary N) is 1. The average molecular weight is 214 g/mol. The van der Waals surface area contributed by atoms with Crippen molar-refractivity contribution in [3.05, 3.63) is 0 Å². The highest BCUT2D eigenvalue weighted by Crippen LogP contribution is 2.19. The van der Waals surface area contributed by atoms with Crippen LogP contribution in [0.15, 0.2) is 0 Å². The molecule has 4 heteroatoms. The van der Waals surface area contributed by atoms with Gasteiger partial charge in [-0.05, 0) is 25.7 Å². The lowest BCUT2D eigenvalue weighted by Gasteiger charge is -2.28. The molecule has 1 saturated carbocycles. The second-order valence-electron chi connectivity index (χ2n) is 4.17. The van der Waals surface area contributed by atoms with Crippen LogP contribution in [0.3, 0.4) is 0 Å². The Labute approximate surface area is 91.5 Å². The van der Waals surface area contributed by atoms with Crippen molar-refractivity contribution in [2.24, 2.45) is 5.73 Å². The Morgan fingerprint density at radius 2 is 2.20 bits per heavy atom. The van der Waals surface area contributed by atoms with Gasteiger partial charge < -0.3 is 15.8 Å². The number of unbranched alkanes of at least 4 members (excludes halogenated alkanes) is 1. The molecule has 1 amide bonds. The van der Waals surface area contributed by atoms with E-state index in [-0.39, 0.29) is 18.2 Å². The maximum absolute atomic E-state index is 11.3. The number of alkyl carbamates (subject to hydrolysis) is 1. The number of ether oxygens (including phenoxy) is 1. The summed E-state index contributed by atoms with van der Waals surface area (Å²) in [6.45, 7) is 2.78. The highest BCUT2D eigenvalue weighted by Gasteiger charge is 2.24. The molecule has 1 rings (SSSR count). The van der Waals surface area contributed by atoms with E-state index in [1.54, 1.807) is 0 Å². The van der Waals surface area contributed by atoms with Gasteiger partial charge in [-0.3, -0.25) is 0 Å². The third-order valence-corrected chi connectivity index (χ3v) is 2.81. The van der Waals surface area contributed by atoms with Crippen molar-refractivity contribution in [1.29, 1.82) is 0 Å². The molecule has 0 bridgehead atoms. The van der Waals surface area contributed by atoms with Gasteiger partial charge in [0.1, 0.15) is 6.10 Å². The van der Waals surface area contributed by atoms with Gasteiger partial charge in [0.25, 0.3) is 0 Å². The van der Waals surface area contributed by atoms with Crippen molar-refractivity contribution < 1.29 is 9.53 Å². The Hall–Kier alpha value is -0.770. The summed E-state index contributed by atoms with van der Waals surface area (Å²) < 4.78 is 5.28. The van der Waals surface area contributed by atoms with Crippen LogP contribution in [0.5, 0.6) is 0 Å². The molecular formula is C11H22N2O2. The third-order valence-electron chi connectivity index (χ3n) is 2.81. The molecule has 4 nitrogen and oxygen atoms in total. The second-order valence-corrected chi connectivity index (χ2v) is 4.17. The standard InChI is InChI=1S/C11H22N2O2/c1-2-3-8-13-11(14)15-10-7-5-4-6-9(10)12/h9-10H,2-8,12H2,1H3,(H,13,14). The molecule has 0 aromatic heterocycles. The van der Waals surface area contributed by atoms with Crippen molar-refractivity contribution in [3.63, 3.8) is 0 Å². The molecule has 0 heterocycles. The summed E-state index contributed by atoms with van der Waals surface area (Å²) in [5.41, 5.74) is 5.88. The lowest BCUT2D eigenvalue weighted by atomic mass is 9.93. The quantitative estimate of drug-likeness (QED) is 0.701. The fourth-order valence-electron chi connectivity index (χ4n) is 1.82. The first kappa shape index (κ1) is 12.3. The van der Waals surface area contributed by atoms with Crippen LogP contribution in [-0.2, 0) is 4.74 Å². The number of carbonyl (C=O) groups excluding carboxylic acids is 1. The Balaban J connectivity index is 2.18. The minimum absolute atomic E-state index is 0.0238. The van der Waals surface area contributed by atoms with Crippen LogP contribution in [-0.4, -0.2) is 24.8 Å². The molecule has 0 aromatic rings. The van der Waals surface area contributed by atoms with Crippen LogP contribution >= 0.6 is 0 Å². The van der Waals surface area contributed by atoms with E-state index in [9.17, 15) is 4.79 Å². The number of nitrogens with two attached hydrogens (primary N) is 1. The molecular weight excluding hydrogens is 192 g/mol. The Bertz CT molecular complexity index is 197. The molecule has 15 heavy (non-hydrogen) atoms. The number of amides is 1. The first-order valence-electron chi connectivity index (χ1n) is 5.94. The van der Waals surface area contributed by atoms with Crippen LogP contribution in [0.2, 0.25) is 0 Å². The summed E-state index contributed by atoms with van der Waals surface area (Å²) in [6, 6.07) is 0.0238. The van der Waals surface area contributed by atoms with Gasteiger partial charge in [0.05, 0.1) is 0 Å². The van der Waals surface area contributed by atoms with Crippen molar-refractivity contribution >= 4 is 6.09 Å². The molecule has 0 aliphatic heterocycles. The third kappa shape index (κ3) is 4.51. The molecule has 88 valence electrons. The highest BCUT2D eigenvalue weighted by molar-refractivity contribution is 5.67. The first-order chi connectivity index (χ1) is 7.24. The number of hydrogen-bond acceptors (Lipinski definition) is 3. The molecule has 2 unspecified atom stereocenters. The average Bonchev–Trinajstić information content (AvgIpc) is 2.22. The molecule has 0 aromatic carbocycles. The van der Waals surface area contributed by atoms with E-state index in [1.165, 1.54) is 0 Å². The Morgan fingerprint density at radius 1 is 1.47 bits per heavy atom. The van der Waals surface area contributed by atoms with Gasteiger partial charge in [-0.2, -0.15) is 0 Å². The topological polar surface area (TPSA) is 64.3 Å². The second kappa shape index (κ2) is 6.67. The zero-order valence-corrected chi connectivity index (χ0v) is 9.50. The van der Waals surface area contributed by atoms with Gasteiger partial charge in [0.15, 0.2) is 0 Å². The lowest BCUT2D eigenvalue weighted by molar-refractivity contribution is 0.0627. The minimum Gasteiger partial charge on any atom is -0.445 e. The highest BCUT2D eigenvalue weighted by atomic mass is 16.6.